The number of hydrogen-bond donors (Lipinski definition) is 1. The molecule has 6 heteroatoms. The third kappa shape index (κ3) is 8.10. The molecule has 0 saturated carbocycles. The monoisotopic (exact) mass is 538 g/mol. The standard InChI is InChI=1S/C34H42N4O2/c1-3-5-7-9-14-18-33(39)35-26-20-22-29-31(24-26)38(28-16-12-11-13-17-28)32-25-27(21-23-30(32)37-29)36-34(40)19-15-10-8-6-4-2/h11-13,16-17,20-25H,3-10,14-15,18-19H2,1-2H3,(H,35,39). The first kappa shape index (κ1) is 29.2. The lowest BCUT2D eigenvalue weighted by Crippen LogP contribution is -2.13. The molecule has 40 heavy (non-hydrogen) atoms. The van der Waals surface area contributed by atoms with Crippen LogP contribution >= 0.6 is 0 Å². The van der Waals surface area contributed by atoms with Crippen molar-refractivity contribution in [2.75, 3.05) is 5.32 Å². The summed E-state index contributed by atoms with van der Waals surface area (Å²) in [5, 5.41) is 3.71. The van der Waals surface area contributed by atoms with Gasteiger partial charge in [0.15, 0.2) is 0 Å². The van der Waals surface area contributed by atoms with E-state index in [-0.39, 0.29) is 11.8 Å². The van der Waals surface area contributed by atoms with Crippen molar-refractivity contribution < 1.29 is 9.59 Å². The molecule has 0 aromatic heterocycles. The number of hydrogen-bond acceptors (Lipinski definition) is 3. The van der Waals surface area contributed by atoms with Gasteiger partial charge >= 0.3 is 0 Å². The molecule has 1 N–H and O–H groups in total. The molecular weight excluding hydrogens is 496 g/mol. The number of para-hydroxylation sites is 1. The zero-order valence-corrected chi connectivity index (χ0v) is 24.0. The summed E-state index contributed by atoms with van der Waals surface area (Å²) in [6.07, 6.45) is 12.1. The van der Waals surface area contributed by atoms with Crippen molar-refractivity contribution in [3.8, 4) is 17.1 Å². The molecule has 2 aromatic carbocycles. The number of fused-ring (bicyclic) bond motifs is 2. The van der Waals surface area contributed by atoms with Gasteiger partial charge in [0.1, 0.15) is 0 Å². The normalized spacial score (nSPS) is 11.8. The summed E-state index contributed by atoms with van der Waals surface area (Å²) >= 11 is 0. The van der Waals surface area contributed by atoms with Gasteiger partial charge in [-0.15, -0.1) is 0 Å². The molecule has 0 bridgehead atoms. The number of carbonyl (C=O) groups is 2. The van der Waals surface area contributed by atoms with Gasteiger partial charge in [-0.3, -0.25) is 9.59 Å². The van der Waals surface area contributed by atoms with Crippen molar-refractivity contribution in [1.82, 2.24) is 9.55 Å². The number of rotatable bonds is 14. The topological polar surface area (TPSA) is 76.3 Å². The van der Waals surface area contributed by atoms with Crippen LogP contribution in [0.1, 0.15) is 90.9 Å². The zero-order chi connectivity index (χ0) is 28.2. The van der Waals surface area contributed by atoms with Crippen LogP contribution in [0.3, 0.4) is 0 Å². The van der Waals surface area contributed by atoms with Gasteiger partial charge in [0, 0.05) is 24.2 Å². The van der Waals surface area contributed by atoms with Gasteiger partial charge in [0.25, 0.3) is 0 Å². The SMILES string of the molecule is CCCCCCCC(=O)N=c1ccc2nc3ccc(NC(=O)CCCCCCC)cc3n(-c3ccccc3)c-2c1. The first-order valence-electron chi connectivity index (χ1n) is 15.0. The highest BCUT2D eigenvalue weighted by molar-refractivity contribution is 5.94. The predicted octanol–water partition coefficient (Wildman–Crippen LogP) is 8.22. The van der Waals surface area contributed by atoms with E-state index in [1.807, 2.05) is 66.7 Å². The molecule has 0 spiro atoms. The molecule has 0 atom stereocenters. The van der Waals surface area contributed by atoms with E-state index in [1.54, 1.807) is 0 Å². The van der Waals surface area contributed by atoms with E-state index in [4.69, 9.17) is 4.98 Å². The van der Waals surface area contributed by atoms with Crippen molar-refractivity contribution in [1.29, 1.82) is 0 Å². The van der Waals surface area contributed by atoms with Crippen LogP contribution in [0.15, 0.2) is 71.7 Å². The summed E-state index contributed by atoms with van der Waals surface area (Å²) in [4.78, 5) is 34.5. The summed E-state index contributed by atoms with van der Waals surface area (Å²) in [6, 6.07) is 21.7. The number of benzene rings is 3. The highest BCUT2D eigenvalue weighted by atomic mass is 16.2. The predicted molar refractivity (Wildman–Crippen MR) is 164 cm³/mol. The van der Waals surface area contributed by atoms with Crippen LogP contribution < -0.4 is 10.7 Å². The third-order valence-corrected chi connectivity index (χ3v) is 7.21. The van der Waals surface area contributed by atoms with Crippen LogP contribution in [0.25, 0.3) is 28.1 Å². The second kappa shape index (κ2) is 15.1. The first-order valence-corrected chi connectivity index (χ1v) is 15.0. The molecule has 0 unspecified atom stereocenters. The van der Waals surface area contributed by atoms with Crippen LogP contribution in [-0.4, -0.2) is 21.4 Å². The van der Waals surface area contributed by atoms with E-state index in [9.17, 15) is 9.59 Å². The van der Waals surface area contributed by atoms with Gasteiger partial charge in [0.2, 0.25) is 11.8 Å². The largest absolute Gasteiger partial charge is 0.326 e. The maximum Gasteiger partial charge on any atom is 0.246 e. The number of amides is 2. The molecule has 1 heterocycles. The fourth-order valence-corrected chi connectivity index (χ4v) is 5.04. The van der Waals surface area contributed by atoms with Gasteiger partial charge in [-0.25, -0.2) is 9.98 Å². The van der Waals surface area contributed by atoms with Crippen LogP contribution in [0.5, 0.6) is 0 Å². The molecule has 0 fully saturated rings. The molecule has 2 aromatic rings. The Balaban J connectivity index is 1.65. The number of carbonyl (C=O) groups excluding carboxylic acids is 2. The molecule has 0 saturated heterocycles. The van der Waals surface area contributed by atoms with Crippen molar-refractivity contribution >= 4 is 28.5 Å². The van der Waals surface area contributed by atoms with Crippen molar-refractivity contribution in [2.45, 2.75) is 90.9 Å². The molecule has 0 radical (unpaired) electrons. The van der Waals surface area contributed by atoms with Gasteiger partial charge in [-0.05, 0) is 61.4 Å². The lowest BCUT2D eigenvalue weighted by Gasteiger charge is -2.19. The van der Waals surface area contributed by atoms with Gasteiger partial charge in [-0.1, -0.05) is 83.4 Å². The molecular formula is C34H42N4O2. The maximum absolute atomic E-state index is 12.6. The number of unbranched alkanes of at least 4 members (excludes halogenated alkanes) is 8. The first-order chi connectivity index (χ1) is 19.6. The second-order valence-corrected chi connectivity index (χ2v) is 10.5. The highest BCUT2D eigenvalue weighted by Crippen LogP contribution is 2.29. The van der Waals surface area contributed by atoms with E-state index in [2.05, 4.69) is 28.7 Å². The van der Waals surface area contributed by atoms with Gasteiger partial charge in [0.05, 0.1) is 27.8 Å². The van der Waals surface area contributed by atoms with Crippen LogP contribution in [-0.2, 0) is 9.59 Å². The minimum absolute atomic E-state index is 0.0325. The molecule has 2 amide bonds. The molecule has 1 aliphatic heterocycles. The van der Waals surface area contributed by atoms with Crippen molar-refractivity contribution in [3.63, 3.8) is 0 Å². The van der Waals surface area contributed by atoms with Crippen molar-refractivity contribution in [3.05, 3.63) is 72.1 Å². The quantitative estimate of drug-likeness (QED) is 0.130. The number of aromatic nitrogens is 2. The summed E-state index contributed by atoms with van der Waals surface area (Å²) in [5.41, 5.74) is 5.08. The minimum atomic E-state index is -0.0875. The smallest absolute Gasteiger partial charge is 0.246 e. The highest BCUT2D eigenvalue weighted by Gasteiger charge is 2.15. The Labute approximate surface area is 237 Å². The van der Waals surface area contributed by atoms with Gasteiger partial charge in [-0.2, -0.15) is 0 Å². The van der Waals surface area contributed by atoms with E-state index >= 15 is 0 Å². The molecule has 210 valence electrons. The lowest BCUT2D eigenvalue weighted by atomic mass is 10.1. The molecule has 4 rings (SSSR count). The van der Waals surface area contributed by atoms with E-state index < -0.39 is 0 Å². The maximum atomic E-state index is 12.6. The van der Waals surface area contributed by atoms with Crippen LogP contribution in [0.2, 0.25) is 0 Å². The number of anilines is 1. The summed E-state index contributed by atoms with van der Waals surface area (Å²) in [7, 11) is 0. The average molecular weight is 539 g/mol. The summed E-state index contributed by atoms with van der Waals surface area (Å²) < 4.78 is 2.13. The van der Waals surface area contributed by atoms with E-state index in [0.29, 0.717) is 18.2 Å². The molecule has 1 aliphatic carbocycles. The molecule has 6 nitrogen and oxygen atoms in total. The number of nitrogens with zero attached hydrogens (tertiary/aromatic N) is 3. The Morgan fingerprint density at radius 2 is 1.48 bits per heavy atom. The second-order valence-electron chi connectivity index (χ2n) is 10.5. The minimum Gasteiger partial charge on any atom is -0.326 e. The Kier molecular flexibility index (Phi) is 11.0. The number of nitrogens with one attached hydrogen (secondary N) is 1. The zero-order valence-electron chi connectivity index (χ0n) is 24.0. The van der Waals surface area contributed by atoms with Gasteiger partial charge < -0.3 is 9.88 Å². The Morgan fingerprint density at radius 1 is 0.775 bits per heavy atom. The Bertz CT molecular complexity index is 1440. The fourth-order valence-electron chi connectivity index (χ4n) is 5.04. The van der Waals surface area contributed by atoms with Crippen LogP contribution in [0, 0.1) is 0 Å². The van der Waals surface area contributed by atoms with E-state index in [0.717, 1.165) is 65.9 Å². The molecule has 2 aliphatic rings. The summed E-state index contributed by atoms with van der Waals surface area (Å²) in [6.45, 7) is 4.38. The summed E-state index contributed by atoms with van der Waals surface area (Å²) in [5.74, 6) is -0.0549. The van der Waals surface area contributed by atoms with E-state index in [1.165, 1.54) is 32.1 Å². The average Bonchev–Trinajstić information content (AvgIpc) is 2.96. The Morgan fingerprint density at radius 3 is 2.20 bits per heavy atom. The fraction of sp³-hybridized carbons (Fsp3) is 0.412. The lowest BCUT2D eigenvalue weighted by molar-refractivity contribution is -0.118. The van der Waals surface area contributed by atoms with Crippen LogP contribution in [0.4, 0.5) is 5.69 Å². The third-order valence-electron chi connectivity index (χ3n) is 7.21. The van der Waals surface area contributed by atoms with Crippen molar-refractivity contribution in [2.24, 2.45) is 4.99 Å². The Hall–Kier alpha value is -3.80.